The van der Waals surface area contributed by atoms with Gasteiger partial charge in [-0.15, -0.1) is 0 Å². The SMILES string of the molecule is CC(CC1CCCN1C(=O)OC(C)(C)C)NCCSCCCO. The van der Waals surface area contributed by atoms with Gasteiger partial charge < -0.3 is 20.1 Å². The second-order valence-electron chi connectivity index (χ2n) is 7.25. The van der Waals surface area contributed by atoms with Crippen LogP contribution in [0.4, 0.5) is 4.79 Å². The molecule has 0 spiro atoms. The Hall–Kier alpha value is -0.460. The molecule has 1 fully saturated rings. The van der Waals surface area contributed by atoms with E-state index in [0.717, 1.165) is 50.3 Å². The Kier molecular flexibility index (Phi) is 9.32. The molecule has 0 bridgehead atoms. The van der Waals surface area contributed by atoms with Gasteiger partial charge in [0.2, 0.25) is 0 Å². The first kappa shape index (κ1) is 20.6. The van der Waals surface area contributed by atoms with Gasteiger partial charge in [0.15, 0.2) is 0 Å². The van der Waals surface area contributed by atoms with Gasteiger partial charge >= 0.3 is 6.09 Å². The molecule has 0 radical (unpaired) electrons. The number of likely N-dealkylation sites (tertiary alicyclic amines) is 1. The summed E-state index contributed by atoms with van der Waals surface area (Å²) in [5.74, 6) is 2.08. The number of hydrogen-bond donors (Lipinski definition) is 2. The molecule has 1 aliphatic heterocycles. The molecule has 2 N–H and O–H groups in total. The zero-order valence-electron chi connectivity index (χ0n) is 15.1. The van der Waals surface area contributed by atoms with E-state index >= 15 is 0 Å². The lowest BCUT2D eigenvalue weighted by molar-refractivity contribution is 0.0215. The molecule has 23 heavy (non-hydrogen) atoms. The third kappa shape index (κ3) is 8.82. The minimum Gasteiger partial charge on any atom is -0.444 e. The van der Waals surface area contributed by atoms with Gasteiger partial charge in [0, 0.05) is 37.5 Å². The number of nitrogens with zero attached hydrogens (tertiary/aromatic N) is 1. The van der Waals surface area contributed by atoms with Crippen molar-refractivity contribution in [3.8, 4) is 0 Å². The molecule has 1 amide bonds. The van der Waals surface area contributed by atoms with E-state index in [2.05, 4.69) is 12.2 Å². The summed E-state index contributed by atoms with van der Waals surface area (Å²) in [6.07, 6.45) is 3.80. The quantitative estimate of drug-likeness (QED) is 0.629. The van der Waals surface area contributed by atoms with E-state index in [1.54, 1.807) is 0 Å². The summed E-state index contributed by atoms with van der Waals surface area (Å²) in [6.45, 7) is 9.97. The molecule has 0 aromatic carbocycles. The second-order valence-corrected chi connectivity index (χ2v) is 8.47. The minimum absolute atomic E-state index is 0.174. The smallest absolute Gasteiger partial charge is 0.410 e. The van der Waals surface area contributed by atoms with Gasteiger partial charge in [0.05, 0.1) is 0 Å². The van der Waals surface area contributed by atoms with Gasteiger partial charge in [-0.3, -0.25) is 0 Å². The van der Waals surface area contributed by atoms with Crippen LogP contribution in [0.25, 0.3) is 0 Å². The molecule has 1 rings (SSSR count). The highest BCUT2D eigenvalue weighted by molar-refractivity contribution is 7.99. The average Bonchev–Trinajstić information content (AvgIpc) is 2.89. The Morgan fingerprint density at radius 3 is 2.83 bits per heavy atom. The summed E-state index contributed by atoms with van der Waals surface area (Å²) in [5, 5.41) is 12.3. The molecule has 1 saturated heterocycles. The van der Waals surface area contributed by atoms with Crippen molar-refractivity contribution in [1.82, 2.24) is 10.2 Å². The molecule has 0 aromatic heterocycles. The summed E-state index contributed by atoms with van der Waals surface area (Å²) >= 11 is 1.87. The monoisotopic (exact) mass is 346 g/mol. The number of ether oxygens (including phenoxy) is 1. The van der Waals surface area contributed by atoms with Gasteiger partial charge in [-0.2, -0.15) is 11.8 Å². The van der Waals surface area contributed by atoms with E-state index in [0.29, 0.717) is 6.04 Å². The molecular formula is C17H34N2O3S. The average molecular weight is 347 g/mol. The lowest BCUT2D eigenvalue weighted by Crippen LogP contribution is -2.42. The highest BCUT2D eigenvalue weighted by atomic mass is 32.2. The fraction of sp³-hybridized carbons (Fsp3) is 0.941. The van der Waals surface area contributed by atoms with Crippen LogP contribution in [0.1, 0.15) is 53.4 Å². The van der Waals surface area contributed by atoms with Gasteiger partial charge in [-0.25, -0.2) is 4.79 Å². The van der Waals surface area contributed by atoms with E-state index in [1.165, 1.54) is 0 Å². The van der Waals surface area contributed by atoms with Gasteiger partial charge in [-0.05, 0) is 59.1 Å². The molecule has 0 aromatic rings. The maximum Gasteiger partial charge on any atom is 0.410 e. The first-order chi connectivity index (χ1) is 10.8. The van der Waals surface area contributed by atoms with Crippen molar-refractivity contribution >= 4 is 17.9 Å². The van der Waals surface area contributed by atoms with Crippen LogP contribution >= 0.6 is 11.8 Å². The highest BCUT2D eigenvalue weighted by Crippen LogP contribution is 2.24. The van der Waals surface area contributed by atoms with Gasteiger partial charge in [-0.1, -0.05) is 0 Å². The van der Waals surface area contributed by atoms with Crippen LogP contribution in [-0.2, 0) is 4.74 Å². The zero-order valence-corrected chi connectivity index (χ0v) is 16.0. The van der Waals surface area contributed by atoms with Crippen LogP contribution < -0.4 is 5.32 Å². The first-order valence-electron chi connectivity index (χ1n) is 8.75. The van der Waals surface area contributed by atoms with Crippen molar-refractivity contribution in [1.29, 1.82) is 0 Å². The molecule has 0 saturated carbocycles. The number of rotatable bonds is 9. The third-order valence-electron chi connectivity index (χ3n) is 3.82. The topological polar surface area (TPSA) is 61.8 Å². The van der Waals surface area contributed by atoms with Gasteiger partial charge in [0.1, 0.15) is 5.60 Å². The number of carbonyl (C=O) groups excluding carboxylic acids is 1. The molecule has 1 aliphatic rings. The normalized spacial score (nSPS) is 19.9. The fourth-order valence-corrected chi connectivity index (χ4v) is 3.58. The van der Waals surface area contributed by atoms with Gasteiger partial charge in [0.25, 0.3) is 0 Å². The van der Waals surface area contributed by atoms with Crippen LogP contribution in [0.15, 0.2) is 0 Å². The van der Waals surface area contributed by atoms with E-state index in [4.69, 9.17) is 9.84 Å². The Bertz CT molecular complexity index is 347. The molecule has 6 heteroatoms. The Morgan fingerprint density at radius 2 is 2.17 bits per heavy atom. The highest BCUT2D eigenvalue weighted by Gasteiger charge is 2.32. The zero-order chi connectivity index (χ0) is 17.3. The number of hydrogen-bond acceptors (Lipinski definition) is 5. The predicted molar refractivity (Wildman–Crippen MR) is 97.1 cm³/mol. The fourth-order valence-electron chi connectivity index (χ4n) is 2.78. The third-order valence-corrected chi connectivity index (χ3v) is 4.89. The van der Waals surface area contributed by atoms with Crippen molar-refractivity contribution in [2.45, 2.75) is 71.1 Å². The second kappa shape index (κ2) is 10.4. The molecule has 1 heterocycles. The lowest BCUT2D eigenvalue weighted by atomic mass is 10.1. The predicted octanol–water partition coefficient (Wildman–Crippen LogP) is 2.87. The standard InChI is InChI=1S/C17H34N2O3S/c1-14(18-8-12-23-11-6-10-20)13-15-7-5-9-19(15)16(21)22-17(2,3)4/h14-15,18,20H,5-13H2,1-4H3. The minimum atomic E-state index is -0.431. The first-order valence-corrected chi connectivity index (χ1v) is 9.90. The lowest BCUT2D eigenvalue weighted by Gasteiger charge is -2.30. The molecule has 2 unspecified atom stereocenters. The number of amides is 1. The van der Waals surface area contributed by atoms with Crippen molar-refractivity contribution < 1.29 is 14.6 Å². The number of carbonyl (C=O) groups is 1. The largest absolute Gasteiger partial charge is 0.444 e. The van der Waals surface area contributed by atoms with Crippen molar-refractivity contribution in [2.24, 2.45) is 0 Å². The van der Waals surface area contributed by atoms with E-state index < -0.39 is 5.60 Å². The Morgan fingerprint density at radius 1 is 1.43 bits per heavy atom. The van der Waals surface area contributed by atoms with Crippen molar-refractivity contribution in [3.05, 3.63) is 0 Å². The Balaban J connectivity index is 2.27. The molecule has 0 aliphatic carbocycles. The number of nitrogens with one attached hydrogen (secondary N) is 1. The van der Waals surface area contributed by atoms with E-state index in [-0.39, 0.29) is 18.7 Å². The number of aliphatic hydroxyl groups excluding tert-OH is 1. The maximum atomic E-state index is 12.3. The van der Waals surface area contributed by atoms with E-state index in [9.17, 15) is 4.79 Å². The molecule has 2 atom stereocenters. The summed E-state index contributed by atoms with van der Waals surface area (Å²) in [4.78, 5) is 14.2. The van der Waals surface area contributed by atoms with Crippen LogP contribution in [0.3, 0.4) is 0 Å². The van der Waals surface area contributed by atoms with Crippen molar-refractivity contribution in [3.63, 3.8) is 0 Å². The Labute approximate surface area is 145 Å². The molecular weight excluding hydrogens is 312 g/mol. The van der Waals surface area contributed by atoms with E-state index in [1.807, 2.05) is 37.4 Å². The van der Waals surface area contributed by atoms with Crippen LogP contribution in [-0.4, -0.2) is 65.0 Å². The number of thioether (sulfide) groups is 1. The van der Waals surface area contributed by atoms with Crippen LogP contribution in [0.5, 0.6) is 0 Å². The molecule has 136 valence electrons. The summed E-state index contributed by atoms with van der Waals surface area (Å²) in [7, 11) is 0. The summed E-state index contributed by atoms with van der Waals surface area (Å²) in [5.41, 5.74) is -0.431. The number of aliphatic hydroxyl groups is 1. The summed E-state index contributed by atoms with van der Waals surface area (Å²) < 4.78 is 5.51. The molecule has 5 nitrogen and oxygen atoms in total. The maximum absolute atomic E-state index is 12.3. The van der Waals surface area contributed by atoms with Crippen LogP contribution in [0.2, 0.25) is 0 Å². The summed E-state index contributed by atoms with van der Waals surface area (Å²) in [6, 6.07) is 0.677. The van der Waals surface area contributed by atoms with Crippen LogP contribution in [0, 0.1) is 0 Å². The van der Waals surface area contributed by atoms with Crippen molar-refractivity contribution in [2.75, 3.05) is 31.2 Å².